The number of carbonyl (C=O) groups is 1. The van der Waals surface area contributed by atoms with Gasteiger partial charge < -0.3 is 36.0 Å². The number of ether oxygens (including phenoxy) is 1. The van der Waals surface area contributed by atoms with E-state index in [0.717, 1.165) is 12.8 Å². The van der Waals surface area contributed by atoms with Crippen molar-refractivity contribution in [3.05, 3.63) is 34.6 Å². The van der Waals surface area contributed by atoms with Gasteiger partial charge in [0.1, 0.15) is 6.07 Å². The minimum absolute atomic E-state index is 0.146. The van der Waals surface area contributed by atoms with E-state index in [2.05, 4.69) is 48.5 Å². The van der Waals surface area contributed by atoms with E-state index >= 15 is 0 Å². The Kier molecular flexibility index (Phi) is 6.89. The summed E-state index contributed by atoms with van der Waals surface area (Å²) in [4.78, 5) is 22.3. The second kappa shape index (κ2) is 10.7. The van der Waals surface area contributed by atoms with Gasteiger partial charge in [0.05, 0.1) is 59.5 Å². The number of fused-ring (bicyclic) bond motifs is 1. The van der Waals surface area contributed by atoms with Crippen molar-refractivity contribution in [2.24, 2.45) is 0 Å². The number of benzene rings is 1. The van der Waals surface area contributed by atoms with E-state index < -0.39 is 6.09 Å². The molecule has 15 heteroatoms. The number of hydrogen-bond acceptors (Lipinski definition) is 11. The van der Waals surface area contributed by atoms with Crippen molar-refractivity contribution in [3.8, 4) is 12.1 Å². The largest absolute Gasteiger partial charge is 0.465 e. The Morgan fingerprint density at radius 2 is 1.98 bits per heavy atom. The van der Waals surface area contributed by atoms with Crippen molar-refractivity contribution in [3.63, 3.8) is 0 Å². The highest BCUT2D eigenvalue weighted by Crippen LogP contribution is 2.37. The number of nitriles is 2. The lowest BCUT2D eigenvalue weighted by atomic mass is 9.97. The summed E-state index contributed by atoms with van der Waals surface area (Å²) in [5.74, 6) is 0.679. The highest BCUT2D eigenvalue weighted by Gasteiger charge is 2.34. The number of piperidine rings is 1. The molecule has 0 spiro atoms. The van der Waals surface area contributed by atoms with Crippen LogP contribution in [0.15, 0.2) is 18.3 Å². The third kappa shape index (κ3) is 5.24. The van der Waals surface area contributed by atoms with E-state index in [4.69, 9.17) is 16.3 Å². The van der Waals surface area contributed by atoms with E-state index in [9.17, 15) is 20.4 Å². The molecule has 3 aromatic rings. The van der Waals surface area contributed by atoms with Crippen molar-refractivity contribution in [2.75, 3.05) is 41.8 Å². The summed E-state index contributed by atoms with van der Waals surface area (Å²) in [6.45, 7) is 2.13. The minimum Gasteiger partial charge on any atom is -0.465 e. The van der Waals surface area contributed by atoms with Crippen molar-refractivity contribution >= 4 is 46.5 Å². The summed E-state index contributed by atoms with van der Waals surface area (Å²) in [6, 6.07) is 7.57. The topological polar surface area (TPSA) is 189 Å². The Balaban J connectivity index is 1.31. The molecule has 6 rings (SSSR count). The van der Waals surface area contributed by atoms with E-state index in [1.807, 2.05) is 4.90 Å². The highest BCUT2D eigenvalue weighted by atomic mass is 35.5. The number of imidazole rings is 1. The quantitative estimate of drug-likeness (QED) is 0.268. The molecule has 0 radical (unpaired) electrons. The predicted octanol–water partition coefficient (Wildman–Crippen LogP) is 2.04. The van der Waals surface area contributed by atoms with Crippen molar-refractivity contribution < 1.29 is 14.6 Å². The van der Waals surface area contributed by atoms with Crippen LogP contribution in [0.25, 0.3) is 5.65 Å². The van der Waals surface area contributed by atoms with Gasteiger partial charge in [-0.05, 0) is 31.4 Å². The maximum absolute atomic E-state index is 11.4. The van der Waals surface area contributed by atoms with Crippen LogP contribution in [0.3, 0.4) is 0 Å². The summed E-state index contributed by atoms with van der Waals surface area (Å²) in [7, 11) is 0. The smallest absolute Gasteiger partial charge is 0.404 e. The number of amides is 1. The Bertz CT molecular complexity index is 1540. The molecule has 14 nitrogen and oxygen atoms in total. The first-order valence-corrected chi connectivity index (χ1v) is 13.3. The first kappa shape index (κ1) is 25.9. The number of hydrogen-bond donors (Lipinski definition) is 5. The molecular formula is C25H26ClN11O3. The molecule has 0 bridgehead atoms. The molecule has 2 saturated heterocycles. The van der Waals surface area contributed by atoms with E-state index in [0.29, 0.717) is 66.1 Å². The summed E-state index contributed by atoms with van der Waals surface area (Å²) < 4.78 is 6.70. The number of nitrogens with zero attached hydrogens (tertiary/aromatic N) is 7. The molecule has 1 aromatic carbocycles. The number of aromatic nitrogens is 4. The van der Waals surface area contributed by atoms with Crippen LogP contribution in [0.4, 0.5) is 27.9 Å². The lowest BCUT2D eigenvalue weighted by Gasteiger charge is -2.43. The fourth-order valence-electron chi connectivity index (χ4n) is 4.95. The van der Waals surface area contributed by atoms with Gasteiger partial charge in [0.15, 0.2) is 17.2 Å². The van der Waals surface area contributed by atoms with Gasteiger partial charge in [-0.15, -0.1) is 5.10 Å². The summed E-state index contributed by atoms with van der Waals surface area (Å²) in [6.07, 6.45) is 2.95. The van der Waals surface area contributed by atoms with Crippen LogP contribution in [-0.4, -0.2) is 81.3 Å². The lowest BCUT2D eigenvalue weighted by molar-refractivity contribution is -0.0123. The molecule has 5 N–H and O–H groups in total. The fraction of sp³-hybridized carbons (Fsp3) is 0.440. The molecule has 40 heavy (non-hydrogen) atoms. The van der Waals surface area contributed by atoms with Crippen LogP contribution < -0.4 is 26.2 Å². The highest BCUT2D eigenvalue weighted by molar-refractivity contribution is 6.36. The Morgan fingerprint density at radius 1 is 1.15 bits per heavy atom. The Morgan fingerprint density at radius 3 is 2.65 bits per heavy atom. The van der Waals surface area contributed by atoms with Gasteiger partial charge in [0, 0.05) is 25.2 Å². The zero-order valence-electron chi connectivity index (χ0n) is 21.3. The van der Waals surface area contributed by atoms with Gasteiger partial charge >= 0.3 is 6.09 Å². The molecule has 1 amide bonds. The van der Waals surface area contributed by atoms with Gasteiger partial charge in [-0.25, -0.2) is 9.78 Å². The summed E-state index contributed by atoms with van der Waals surface area (Å²) in [5.41, 5.74) is 2.13. The lowest BCUT2D eigenvalue weighted by Crippen LogP contribution is -2.64. The van der Waals surface area contributed by atoms with Crippen LogP contribution in [0.2, 0.25) is 5.02 Å². The average molecular weight is 564 g/mol. The van der Waals surface area contributed by atoms with Crippen LogP contribution in [0.5, 0.6) is 0 Å². The number of nitrogens with one attached hydrogen (secondary N) is 4. The van der Waals surface area contributed by atoms with Crippen molar-refractivity contribution in [1.29, 1.82) is 10.5 Å². The van der Waals surface area contributed by atoms with Gasteiger partial charge in [0.25, 0.3) is 0 Å². The molecule has 4 heterocycles. The minimum atomic E-state index is -1.07. The zero-order valence-corrected chi connectivity index (χ0v) is 22.0. The summed E-state index contributed by atoms with van der Waals surface area (Å²) >= 11 is 6.92. The second-order valence-electron chi connectivity index (χ2n) is 10.1. The normalized spacial score (nSPS) is 20.8. The SMILES string of the molecule is N#Cc1cc(Nc2nc(NC3CC3)c3ncc(C#N)n3n2)c(Cl)c(N2CC[C@H](NC(=O)O)[C@H](NC3COC3)C2)c1. The van der Waals surface area contributed by atoms with Crippen LogP contribution in [0.1, 0.15) is 30.5 Å². The van der Waals surface area contributed by atoms with Gasteiger partial charge in [-0.1, -0.05) is 11.6 Å². The number of carboxylic acid groups (broad SMARTS) is 1. The molecule has 3 aliphatic rings. The first-order valence-electron chi connectivity index (χ1n) is 12.9. The predicted molar refractivity (Wildman–Crippen MR) is 145 cm³/mol. The van der Waals surface area contributed by atoms with Crippen molar-refractivity contribution in [2.45, 2.75) is 43.4 Å². The monoisotopic (exact) mass is 563 g/mol. The second-order valence-corrected chi connectivity index (χ2v) is 10.5. The Labute approximate surface area is 233 Å². The van der Waals surface area contributed by atoms with Crippen LogP contribution in [0, 0.1) is 22.7 Å². The fourth-order valence-corrected chi connectivity index (χ4v) is 5.23. The van der Waals surface area contributed by atoms with E-state index in [1.165, 1.54) is 10.7 Å². The maximum atomic E-state index is 11.4. The molecule has 2 atom stereocenters. The third-order valence-electron chi connectivity index (χ3n) is 7.17. The van der Waals surface area contributed by atoms with Crippen LogP contribution >= 0.6 is 11.6 Å². The summed E-state index contributed by atoms with van der Waals surface area (Å²) in [5, 5.41) is 46.0. The first-order chi connectivity index (χ1) is 19.4. The van der Waals surface area contributed by atoms with Gasteiger partial charge in [-0.3, -0.25) is 0 Å². The maximum Gasteiger partial charge on any atom is 0.404 e. The van der Waals surface area contributed by atoms with E-state index in [1.54, 1.807) is 12.1 Å². The zero-order chi connectivity index (χ0) is 27.8. The number of anilines is 4. The number of rotatable bonds is 8. The molecule has 1 saturated carbocycles. The third-order valence-corrected chi connectivity index (χ3v) is 7.57. The number of halogens is 1. The van der Waals surface area contributed by atoms with Gasteiger partial charge in [-0.2, -0.15) is 20.0 Å². The Hall–Kier alpha value is -4.37. The molecule has 1 aliphatic carbocycles. The molecule has 3 fully saturated rings. The van der Waals surface area contributed by atoms with Crippen LogP contribution in [-0.2, 0) is 4.74 Å². The van der Waals surface area contributed by atoms with E-state index in [-0.39, 0.29) is 35.8 Å². The van der Waals surface area contributed by atoms with Crippen molar-refractivity contribution in [1.82, 2.24) is 30.2 Å². The molecular weight excluding hydrogens is 538 g/mol. The molecule has 206 valence electrons. The molecule has 2 aromatic heterocycles. The molecule has 0 unspecified atom stereocenters. The standard InChI is InChI=1S/C25H26ClN11O3/c26-21-18(32-24-34-22(31-14-1-2-14)23-29-9-16(8-28)37(23)35-24)5-13(7-27)6-20(21)36-4-3-17(33-25(38)39)19(10-36)30-15-11-40-12-15/h5-6,9,14-15,17,19,30,33H,1-4,10-12H2,(H,38,39)(H2,31,32,34,35)/t17-,19+/m0/s1. The molecule has 2 aliphatic heterocycles. The van der Waals surface area contributed by atoms with Gasteiger partial charge in [0.2, 0.25) is 5.95 Å². The average Bonchev–Trinajstić information content (AvgIpc) is 3.63.